The van der Waals surface area contributed by atoms with Crippen molar-refractivity contribution in [3.05, 3.63) is 12.3 Å². The van der Waals surface area contributed by atoms with E-state index in [0.29, 0.717) is 37.0 Å². The summed E-state index contributed by atoms with van der Waals surface area (Å²) in [5, 5.41) is 0. The lowest BCUT2D eigenvalue weighted by Gasteiger charge is -2.56. The maximum absolute atomic E-state index is 12.4. The quantitative estimate of drug-likeness (QED) is 0.454. The van der Waals surface area contributed by atoms with Crippen molar-refractivity contribution in [3.63, 3.8) is 0 Å². The van der Waals surface area contributed by atoms with Crippen molar-refractivity contribution in [2.45, 2.75) is 44.0 Å². The Bertz CT molecular complexity index is 500. The average Bonchev–Trinajstić information content (AvgIpc) is 2.24. The molecular weight excluding hydrogens is 293 g/mol. The summed E-state index contributed by atoms with van der Waals surface area (Å²) in [6.45, 7) is 3.54. The molecule has 0 aromatic rings. The number of hydrogen-bond donors (Lipinski definition) is 0. The predicted molar refractivity (Wildman–Crippen MR) is 65.8 cm³/mol. The summed E-state index contributed by atoms with van der Waals surface area (Å²) < 4.78 is 63.9. The zero-order valence-corrected chi connectivity index (χ0v) is 11.8. The monoisotopic (exact) mass is 310 g/mol. The molecule has 4 aliphatic rings. The minimum Gasteiger partial charge on any atom is -0.381 e. The molecule has 7 heteroatoms. The lowest BCUT2D eigenvalue weighted by Crippen LogP contribution is -2.47. The highest BCUT2D eigenvalue weighted by Gasteiger charge is 2.56. The normalized spacial score (nSPS) is 39.9. The molecule has 0 radical (unpaired) electrons. The maximum Gasteiger partial charge on any atom is 0.534 e. The molecule has 0 aliphatic heterocycles. The van der Waals surface area contributed by atoms with E-state index in [1.165, 1.54) is 0 Å². The summed E-state index contributed by atoms with van der Waals surface area (Å²) in [5.74, 6) is 1.24. The zero-order valence-electron chi connectivity index (χ0n) is 10.9. The number of allylic oxidation sites excluding steroid dienone is 1. The smallest absolute Gasteiger partial charge is 0.381 e. The third-order valence-corrected chi connectivity index (χ3v) is 6.11. The van der Waals surface area contributed by atoms with E-state index in [4.69, 9.17) is 0 Å². The Balaban J connectivity index is 1.81. The topological polar surface area (TPSA) is 43.4 Å². The van der Waals surface area contributed by atoms with Crippen LogP contribution in [-0.4, -0.2) is 13.9 Å². The van der Waals surface area contributed by atoms with Gasteiger partial charge in [0.1, 0.15) is 5.76 Å². The average molecular weight is 310 g/mol. The largest absolute Gasteiger partial charge is 0.534 e. The van der Waals surface area contributed by atoms with Gasteiger partial charge in [-0.15, -0.1) is 0 Å². The molecule has 0 saturated heterocycles. The minimum absolute atomic E-state index is 0.200. The van der Waals surface area contributed by atoms with Gasteiger partial charge in [0, 0.05) is 5.41 Å². The first-order chi connectivity index (χ1) is 9.11. The Hall–Kier alpha value is -0.720. The fourth-order valence-corrected chi connectivity index (χ4v) is 5.26. The molecule has 3 nitrogen and oxygen atoms in total. The van der Waals surface area contributed by atoms with E-state index >= 15 is 0 Å². The van der Waals surface area contributed by atoms with E-state index < -0.39 is 21.0 Å². The standard InChI is InChI=1S/C13H17F3O3S/c1-8(19-20(17,18)13(14,15)16)12-5-9-2-10(6-12)4-11(3-9)7-12/h9-11H,1-7H2. The van der Waals surface area contributed by atoms with Crippen LogP contribution < -0.4 is 0 Å². The van der Waals surface area contributed by atoms with Crippen LogP contribution in [0.1, 0.15) is 38.5 Å². The van der Waals surface area contributed by atoms with Gasteiger partial charge in [-0.25, -0.2) is 0 Å². The molecule has 4 saturated carbocycles. The molecule has 0 amide bonds. The second-order valence-corrected chi connectivity index (χ2v) is 8.14. The van der Waals surface area contributed by atoms with Crippen molar-refractivity contribution < 1.29 is 25.8 Å². The summed E-state index contributed by atoms with van der Waals surface area (Å²) >= 11 is 0. The van der Waals surface area contributed by atoms with E-state index in [1.807, 2.05) is 0 Å². The van der Waals surface area contributed by atoms with Gasteiger partial charge >= 0.3 is 15.6 Å². The number of hydrogen-bond acceptors (Lipinski definition) is 3. The molecule has 20 heavy (non-hydrogen) atoms. The van der Waals surface area contributed by atoms with Gasteiger partial charge in [-0.2, -0.15) is 21.6 Å². The van der Waals surface area contributed by atoms with Gasteiger partial charge in [-0.3, -0.25) is 0 Å². The van der Waals surface area contributed by atoms with Gasteiger partial charge in [-0.05, 0) is 56.3 Å². The van der Waals surface area contributed by atoms with Gasteiger partial charge in [0.2, 0.25) is 0 Å². The van der Waals surface area contributed by atoms with Crippen LogP contribution in [0.4, 0.5) is 13.2 Å². The molecule has 0 aromatic heterocycles. The molecule has 4 rings (SSSR count). The highest BCUT2D eigenvalue weighted by Crippen LogP contribution is 2.62. The Labute approximate surface area is 116 Å². The summed E-state index contributed by atoms with van der Waals surface area (Å²) in [5.41, 5.74) is -5.95. The summed E-state index contributed by atoms with van der Waals surface area (Å²) in [6, 6.07) is 0. The number of rotatable bonds is 3. The molecule has 4 aliphatic carbocycles. The van der Waals surface area contributed by atoms with Crippen LogP contribution in [0.2, 0.25) is 0 Å². The molecule has 4 bridgehead atoms. The van der Waals surface area contributed by atoms with E-state index in [-0.39, 0.29) is 5.76 Å². The number of halogens is 3. The Morgan fingerprint density at radius 3 is 1.80 bits per heavy atom. The van der Waals surface area contributed by atoms with E-state index in [2.05, 4.69) is 10.8 Å². The SMILES string of the molecule is C=C(OS(=O)(=O)C(F)(F)F)C12CC3CC(CC(C3)C1)C2. The zero-order chi connectivity index (χ0) is 14.8. The maximum atomic E-state index is 12.4. The van der Waals surface area contributed by atoms with Crippen LogP contribution in [0.15, 0.2) is 12.3 Å². The first-order valence-electron chi connectivity index (χ1n) is 6.81. The van der Waals surface area contributed by atoms with Crippen molar-refractivity contribution in [3.8, 4) is 0 Å². The highest BCUT2D eigenvalue weighted by atomic mass is 32.2. The predicted octanol–water partition coefficient (Wildman–Crippen LogP) is 3.58. The second kappa shape index (κ2) is 4.15. The Morgan fingerprint density at radius 2 is 1.45 bits per heavy atom. The summed E-state index contributed by atoms with van der Waals surface area (Å²) in [4.78, 5) is 0. The minimum atomic E-state index is -5.59. The van der Waals surface area contributed by atoms with Gasteiger partial charge in [0.05, 0.1) is 0 Å². The Morgan fingerprint density at radius 1 is 1.05 bits per heavy atom. The molecule has 0 heterocycles. The first-order valence-corrected chi connectivity index (χ1v) is 8.22. The van der Waals surface area contributed by atoms with Gasteiger partial charge < -0.3 is 4.18 Å². The third kappa shape index (κ3) is 2.14. The van der Waals surface area contributed by atoms with Crippen LogP contribution in [0, 0.1) is 23.2 Å². The second-order valence-electron chi connectivity index (χ2n) is 6.60. The van der Waals surface area contributed by atoms with Crippen molar-refractivity contribution in [2.24, 2.45) is 23.2 Å². The first kappa shape index (κ1) is 14.2. The van der Waals surface area contributed by atoms with Gasteiger partial charge in [-0.1, -0.05) is 6.58 Å². The molecule has 4 fully saturated rings. The van der Waals surface area contributed by atoms with Crippen LogP contribution in [-0.2, 0) is 14.3 Å². The van der Waals surface area contributed by atoms with Crippen molar-refractivity contribution in [2.75, 3.05) is 0 Å². The summed E-state index contributed by atoms with van der Waals surface area (Å²) in [7, 11) is -5.59. The Kier molecular flexibility index (Phi) is 2.95. The molecular formula is C13H17F3O3S. The molecule has 0 N–H and O–H groups in total. The van der Waals surface area contributed by atoms with Crippen LogP contribution in [0.3, 0.4) is 0 Å². The van der Waals surface area contributed by atoms with E-state index in [1.54, 1.807) is 0 Å². The fourth-order valence-electron chi connectivity index (χ4n) is 4.72. The molecule has 114 valence electrons. The van der Waals surface area contributed by atoms with E-state index in [9.17, 15) is 21.6 Å². The van der Waals surface area contributed by atoms with Crippen molar-refractivity contribution in [1.82, 2.24) is 0 Å². The highest BCUT2D eigenvalue weighted by molar-refractivity contribution is 7.87. The fraction of sp³-hybridized carbons (Fsp3) is 0.846. The van der Waals surface area contributed by atoms with Crippen LogP contribution >= 0.6 is 0 Å². The molecule has 0 aromatic carbocycles. The molecule has 0 atom stereocenters. The van der Waals surface area contributed by atoms with E-state index in [0.717, 1.165) is 19.3 Å². The van der Waals surface area contributed by atoms with Crippen molar-refractivity contribution in [1.29, 1.82) is 0 Å². The molecule has 0 spiro atoms. The molecule has 0 unspecified atom stereocenters. The summed E-state index contributed by atoms with van der Waals surface area (Å²) in [6.07, 6.45) is 5.47. The van der Waals surface area contributed by atoms with Crippen molar-refractivity contribution >= 4 is 10.1 Å². The van der Waals surface area contributed by atoms with Gasteiger partial charge in [0.15, 0.2) is 0 Å². The third-order valence-electron chi connectivity index (χ3n) is 5.12. The number of alkyl halides is 3. The lowest BCUT2D eigenvalue weighted by molar-refractivity contribution is -0.0646. The van der Waals surface area contributed by atoms with Gasteiger partial charge in [0.25, 0.3) is 0 Å². The lowest BCUT2D eigenvalue weighted by atomic mass is 9.49. The van der Waals surface area contributed by atoms with Crippen LogP contribution in [0.5, 0.6) is 0 Å². The van der Waals surface area contributed by atoms with Crippen LogP contribution in [0.25, 0.3) is 0 Å².